The van der Waals surface area contributed by atoms with Gasteiger partial charge >= 0.3 is 0 Å². The van der Waals surface area contributed by atoms with Gasteiger partial charge in [0.05, 0.1) is 7.11 Å². The highest BCUT2D eigenvalue weighted by Gasteiger charge is 2.07. The fourth-order valence-electron chi connectivity index (χ4n) is 2.18. The Bertz CT molecular complexity index is 569. The summed E-state index contributed by atoms with van der Waals surface area (Å²) in [6, 6.07) is 14.1. The molecule has 20 heavy (non-hydrogen) atoms. The van der Waals surface area contributed by atoms with Crippen LogP contribution in [0.4, 0.5) is 0 Å². The highest BCUT2D eigenvalue weighted by Crippen LogP contribution is 2.29. The second-order valence-electron chi connectivity index (χ2n) is 4.71. The van der Waals surface area contributed by atoms with E-state index in [1.54, 1.807) is 7.11 Å². The van der Waals surface area contributed by atoms with Crippen molar-refractivity contribution in [1.82, 2.24) is 5.32 Å². The van der Waals surface area contributed by atoms with Gasteiger partial charge in [0.25, 0.3) is 0 Å². The Kier molecular flexibility index (Phi) is 5.45. The van der Waals surface area contributed by atoms with Gasteiger partial charge in [0.15, 0.2) is 0 Å². The molecular weight excluding hydrogens is 270 g/mol. The molecule has 0 bridgehead atoms. The maximum Gasteiger partial charge on any atom is 0.119 e. The second-order valence-corrected chi connectivity index (χ2v) is 5.15. The Morgan fingerprint density at radius 1 is 1.15 bits per heavy atom. The van der Waals surface area contributed by atoms with Crippen LogP contribution in [-0.4, -0.2) is 13.7 Å². The van der Waals surface area contributed by atoms with Gasteiger partial charge in [-0.1, -0.05) is 36.7 Å². The average molecular weight is 290 g/mol. The van der Waals surface area contributed by atoms with Gasteiger partial charge in [-0.2, -0.15) is 0 Å². The van der Waals surface area contributed by atoms with Crippen molar-refractivity contribution in [2.75, 3.05) is 13.7 Å². The molecule has 0 aliphatic rings. The quantitative estimate of drug-likeness (QED) is 0.790. The van der Waals surface area contributed by atoms with Gasteiger partial charge in [-0.05, 0) is 53.9 Å². The number of rotatable bonds is 6. The van der Waals surface area contributed by atoms with Crippen LogP contribution >= 0.6 is 11.6 Å². The van der Waals surface area contributed by atoms with Crippen LogP contribution in [0.3, 0.4) is 0 Å². The van der Waals surface area contributed by atoms with E-state index < -0.39 is 0 Å². The van der Waals surface area contributed by atoms with E-state index in [-0.39, 0.29) is 0 Å². The molecule has 0 spiro atoms. The largest absolute Gasteiger partial charge is 0.497 e. The summed E-state index contributed by atoms with van der Waals surface area (Å²) in [6.45, 7) is 4.00. The molecule has 0 unspecified atom stereocenters. The molecule has 1 N–H and O–H groups in total. The van der Waals surface area contributed by atoms with Gasteiger partial charge < -0.3 is 10.1 Å². The third-order valence-corrected chi connectivity index (χ3v) is 3.43. The molecule has 2 aromatic rings. The van der Waals surface area contributed by atoms with Crippen LogP contribution in [0.5, 0.6) is 5.75 Å². The summed E-state index contributed by atoms with van der Waals surface area (Å²) in [6.07, 6.45) is 1.12. The van der Waals surface area contributed by atoms with E-state index in [0.717, 1.165) is 35.8 Å². The lowest BCUT2D eigenvalue weighted by molar-refractivity contribution is 0.414. The predicted octanol–water partition coefficient (Wildman–Crippen LogP) is 4.52. The van der Waals surface area contributed by atoms with Crippen molar-refractivity contribution in [2.45, 2.75) is 19.9 Å². The zero-order chi connectivity index (χ0) is 14.4. The molecule has 0 saturated heterocycles. The third-order valence-electron chi connectivity index (χ3n) is 3.19. The normalized spacial score (nSPS) is 10.6. The topological polar surface area (TPSA) is 21.3 Å². The van der Waals surface area contributed by atoms with Crippen molar-refractivity contribution in [3.05, 3.63) is 53.1 Å². The van der Waals surface area contributed by atoms with Crippen molar-refractivity contribution in [3.8, 4) is 16.9 Å². The minimum atomic E-state index is 0.755. The van der Waals surface area contributed by atoms with Gasteiger partial charge in [0.2, 0.25) is 0 Å². The molecule has 3 heteroatoms. The summed E-state index contributed by atoms with van der Waals surface area (Å²) in [5.41, 5.74) is 3.55. The Labute approximate surface area is 125 Å². The lowest BCUT2D eigenvalue weighted by Gasteiger charge is -2.13. The number of halogens is 1. The smallest absolute Gasteiger partial charge is 0.119 e. The van der Waals surface area contributed by atoms with Gasteiger partial charge in [-0.3, -0.25) is 0 Å². The van der Waals surface area contributed by atoms with E-state index >= 15 is 0 Å². The molecule has 0 aliphatic heterocycles. The molecule has 0 fully saturated rings. The number of methoxy groups -OCH3 is 1. The molecule has 0 amide bonds. The van der Waals surface area contributed by atoms with Crippen molar-refractivity contribution in [2.24, 2.45) is 0 Å². The molecule has 0 atom stereocenters. The molecule has 0 aliphatic carbocycles. The van der Waals surface area contributed by atoms with Crippen LogP contribution in [0.15, 0.2) is 42.5 Å². The average Bonchev–Trinajstić information content (AvgIpc) is 2.47. The Hall–Kier alpha value is -1.51. The summed E-state index contributed by atoms with van der Waals surface area (Å²) in [7, 11) is 1.69. The highest BCUT2D eigenvalue weighted by atomic mass is 35.5. The fourth-order valence-corrected chi connectivity index (χ4v) is 2.37. The van der Waals surface area contributed by atoms with Crippen molar-refractivity contribution >= 4 is 11.6 Å². The molecule has 0 radical (unpaired) electrons. The zero-order valence-corrected chi connectivity index (χ0v) is 12.7. The maximum atomic E-state index is 6.09. The first-order valence-corrected chi connectivity index (χ1v) is 7.26. The Balaban J connectivity index is 2.35. The van der Waals surface area contributed by atoms with Gasteiger partial charge in [0, 0.05) is 11.6 Å². The van der Waals surface area contributed by atoms with Gasteiger partial charge in [-0.15, -0.1) is 0 Å². The number of ether oxygens (including phenoxy) is 1. The molecule has 2 nitrogen and oxygen atoms in total. The first-order valence-electron chi connectivity index (χ1n) is 6.88. The highest BCUT2D eigenvalue weighted by molar-refractivity contribution is 6.30. The maximum absolute atomic E-state index is 6.09. The van der Waals surface area contributed by atoms with Crippen LogP contribution in [0.1, 0.15) is 18.9 Å². The summed E-state index contributed by atoms with van der Waals surface area (Å²) >= 11 is 6.09. The number of hydrogen-bond donors (Lipinski definition) is 1. The SMILES string of the molecule is CCCNCc1cc(OC)ccc1-c1cccc(Cl)c1. The number of nitrogens with one attached hydrogen (secondary N) is 1. The fraction of sp³-hybridized carbons (Fsp3) is 0.294. The zero-order valence-electron chi connectivity index (χ0n) is 11.9. The monoisotopic (exact) mass is 289 g/mol. The Morgan fingerprint density at radius 2 is 2.00 bits per heavy atom. The molecule has 2 aromatic carbocycles. The van der Waals surface area contributed by atoms with Crippen LogP contribution in [0.25, 0.3) is 11.1 Å². The van der Waals surface area contributed by atoms with E-state index in [2.05, 4.69) is 30.4 Å². The van der Waals surface area contributed by atoms with E-state index in [9.17, 15) is 0 Å². The molecule has 106 valence electrons. The van der Waals surface area contributed by atoms with Crippen LogP contribution in [-0.2, 0) is 6.54 Å². The molecular formula is C17H20ClNO. The lowest BCUT2D eigenvalue weighted by atomic mass is 9.99. The van der Waals surface area contributed by atoms with E-state index in [4.69, 9.17) is 16.3 Å². The first-order chi connectivity index (χ1) is 9.74. The van der Waals surface area contributed by atoms with Crippen molar-refractivity contribution in [3.63, 3.8) is 0 Å². The standard InChI is InChI=1S/C17H20ClNO/c1-3-9-19-12-14-11-16(20-2)7-8-17(14)13-5-4-6-15(18)10-13/h4-8,10-11,19H,3,9,12H2,1-2H3. The third kappa shape index (κ3) is 3.75. The summed E-state index contributed by atoms with van der Waals surface area (Å²) in [5.74, 6) is 0.879. The molecule has 0 saturated carbocycles. The number of hydrogen-bond acceptors (Lipinski definition) is 2. The van der Waals surface area contributed by atoms with Crippen LogP contribution in [0.2, 0.25) is 5.02 Å². The molecule has 2 rings (SSSR count). The number of benzene rings is 2. The Morgan fingerprint density at radius 3 is 2.70 bits per heavy atom. The van der Waals surface area contributed by atoms with Crippen molar-refractivity contribution < 1.29 is 4.74 Å². The molecule has 0 heterocycles. The predicted molar refractivity (Wildman–Crippen MR) is 85.4 cm³/mol. The lowest BCUT2D eigenvalue weighted by Crippen LogP contribution is -2.14. The van der Waals surface area contributed by atoms with Crippen molar-refractivity contribution in [1.29, 1.82) is 0 Å². The minimum absolute atomic E-state index is 0.755. The van der Waals surface area contributed by atoms with Crippen LogP contribution < -0.4 is 10.1 Å². The summed E-state index contributed by atoms with van der Waals surface area (Å²) < 4.78 is 5.32. The minimum Gasteiger partial charge on any atom is -0.497 e. The van der Waals surface area contributed by atoms with E-state index in [1.165, 1.54) is 11.1 Å². The summed E-state index contributed by atoms with van der Waals surface area (Å²) in [5, 5.41) is 4.19. The van der Waals surface area contributed by atoms with Crippen LogP contribution in [0, 0.1) is 0 Å². The van der Waals surface area contributed by atoms with E-state index in [0.29, 0.717) is 0 Å². The first kappa shape index (κ1) is 14.9. The van der Waals surface area contributed by atoms with Gasteiger partial charge in [0.1, 0.15) is 5.75 Å². The molecule has 0 aromatic heterocycles. The van der Waals surface area contributed by atoms with E-state index in [1.807, 2.05) is 24.3 Å². The van der Waals surface area contributed by atoms with Gasteiger partial charge in [-0.25, -0.2) is 0 Å². The summed E-state index contributed by atoms with van der Waals surface area (Å²) in [4.78, 5) is 0. The second kappa shape index (κ2) is 7.32.